The van der Waals surface area contributed by atoms with Crippen LogP contribution in [0.5, 0.6) is 0 Å². The first-order chi connectivity index (χ1) is 13.8. The highest BCUT2D eigenvalue weighted by Gasteiger charge is 2.55. The molecule has 2 fully saturated rings. The van der Waals surface area contributed by atoms with Gasteiger partial charge in [0.25, 0.3) is 0 Å². The highest BCUT2D eigenvalue weighted by atomic mass is 16.3. The van der Waals surface area contributed by atoms with Crippen LogP contribution in [-0.2, 0) is 0 Å². The van der Waals surface area contributed by atoms with Gasteiger partial charge in [-0.1, -0.05) is 57.8 Å². The van der Waals surface area contributed by atoms with Crippen molar-refractivity contribution in [2.24, 2.45) is 40.4 Å². The largest absolute Gasteiger partial charge is 0.393 e. The third-order valence-electron chi connectivity index (χ3n) is 10.4. The van der Waals surface area contributed by atoms with Gasteiger partial charge in [0.2, 0.25) is 0 Å². The smallest absolute Gasteiger partial charge is 0.0543 e. The number of rotatable bonds is 6. The minimum absolute atomic E-state index is 0.0374. The molecule has 0 saturated heterocycles. The van der Waals surface area contributed by atoms with Gasteiger partial charge in [0.1, 0.15) is 0 Å². The zero-order valence-corrected chi connectivity index (χ0v) is 19.7. The Hall–Kier alpha value is -0.560. The lowest BCUT2D eigenvalue weighted by molar-refractivity contribution is 0.0132. The Bertz CT molecular complexity index is 647. The molecule has 1 heteroatoms. The van der Waals surface area contributed by atoms with E-state index >= 15 is 0 Å². The summed E-state index contributed by atoms with van der Waals surface area (Å²) in [7, 11) is 0. The summed E-state index contributed by atoms with van der Waals surface area (Å²) >= 11 is 0. The molecular formula is C28H46O. The molecule has 0 aromatic rings. The first-order valence-corrected chi connectivity index (χ1v) is 12.8. The lowest BCUT2D eigenvalue weighted by atomic mass is 9.50. The van der Waals surface area contributed by atoms with Crippen LogP contribution in [0.15, 0.2) is 23.8 Å². The second-order valence-electron chi connectivity index (χ2n) is 11.9. The summed E-state index contributed by atoms with van der Waals surface area (Å²) in [6.45, 7) is 14.1. The second-order valence-corrected chi connectivity index (χ2v) is 11.9. The molecule has 1 unspecified atom stereocenters. The predicted octanol–water partition coefficient (Wildman–Crippen LogP) is 7.70. The molecule has 8 atom stereocenters. The first kappa shape index (κ1) is 21.7. The van der Waals surface area contributed by atoms with Crippen molar-refractivity contribution in [2.45, 2.75) is 111 Å². The molecule has 0 aromatic heterocycles. The van der Waals surface area contributed by atoms with E-state index in [1.54, 1.807) is 0 Å². The maximum Gasteiger partial charge on any atom is 0.0543 e. The highest BCUT2D eigenvalue weighted by Crippen LogP contribution is 2.66. The van der Waals surface area contributed by atoms with Crippen LogP contribution in [0, 0.1) is 40.4 Å². The summed E-state index contributed by atoms with van der Waals surface area (Å²) in [5.74, 6) is 4.04. The van der Waals surface area contributed by atoms with Crippen LogP contribution < -0.4 is 0 Å². The lowest BCUT2D eigenvalue weighted by Crippen LogP contribution is -2.45. The number of fused-ring (bicyclic) bond motifs is 4. The van der Waals surface area contributed by atoms with E-state index in [1.165, 1.54) is 64.2 Å². The van der Waals surface area contributed by atoms with E-state index in [4.69, 9.17) is 0 Å². The average Bonchev–Trinajstić information content (AvgIpc) is 3.05. The Morgan fingerprint density at radius 1 is 1.07 bits per heavy atom. The molecule has 0 aromatic carbocycles. The summed E-state index contributed by atoms with van der Waals surface area (Å²) in [4.78, 5) is 0. The van der Waals surface area contributed by atoms with E-state index < -0.39 is 0 Å². The van der Waals surface area contributed by atoms with Gasteiger partial charge in [-0.3, -0.25) is 0 Å². The summed E-state index contributed by atoms with van der Waals surface area (Å²) in [5, 5.41) is 10.2. The van der Waals surface area contributed by atoms with Crippen LogP contribution >= 0.6 is 0 Å². The van der Waals surface area contributed by atoms with Crippen molar-refractivity contribution in [2.75, 3.05) is 0 Å². The van der Waals surface area contributed by atoms with E-state index in [0.29, 0.717) is 16.7 Å². The Kier molecular flexibility index (Phi) is 6.11. The van der Waals surface area contributed by atoms with Crippen LogP contribution in [0.2, 0.25) is 0 Å². The van der Waals surface area contributed by atoms with Crippen LogP contribution in [0.25, 0.3) is 0 Å². The van der Waals surface area contributed by atoms with Gasteiger partial charge in [-0.25, -0.2) is 0 Å². The monoisotopic (exact) mass is 398 g/mol. The fraction of sp³-hybridized carbons (Fsp3) is 0.857. The van der Waals surface area contributed by atoms with Gasteiger partial charge in [-0.2, -0.15) is 0 Å². The number of aliphatic hydroxyl groups excluding tert-OH is 1. The normalized spacial score (nSPS) is 43.9. The van der Waals surface area contributed by atoms with Crippen molar-refractivity contribution >= 4 is 0 Å². The molecule has 164 valence electrons. The quantitative estimate of drug-likeness (QED) is 0.454. The van der Waals surface area contributed by atoms with Crippen molar-refractivity contribution in [3.05, 3.63) is 23.8 Å². The van der Waals surface area contributed by atoms with E-state index in [1.807, 2.05) is 11.1 Å². The van der Waals surface area contributed by atoms with E-state index in [9.17, 15) is 5.11 Å². The molecule has 4 aliphatic carbocycles. The Balaban J connectivity index is 1.50. The standard InChI is InChI=1S/C28H46O/c1-6-19(2)8-7-9-20(3)24-12-13-25-23-11-10-21-18-22(29)14-16-27(21,4)26(23)15-17-28(24,25)5/h6,19-22,24-25,29H,1,7-18H2,2-5H3/t19?,20-,21+,22+,24-,25+,27+,28-/m1/s1. The maximum atomic E-state index is 10.2. The SMILES string of the molecule is C=CC(C)CCC[C@@H](C)[C@H]1CC[C@H]2C3=C(CC[C@]12C)[C@@]1(C)CC[C@H](O)C[C@@H]1CC3. The molecule has 1 N–H and O–H groups in total. The molecular weight excluding hydrogens is 352 g/mol. The van der Waals surface area contributed by atoms with Gasteiger partial charge in [-0.05, 0) is 105 Å². The summed E-state index contributed by atoms with van der Waals surface area (Å²) in [6, 6.07) is 0. The Labute approximate surface area is 180 Å². The summed E-state index contributed by atoms with van der Waals surface area (Å²) in [5.41, 5.74) is 4.72. The first-order valence-electron chi connectivity index (χ1n) is 12.8. The molecule has 0 amide bonds. The third-order valence-corrected chi connectivity index (χ3v) is 10.4. The van der Waals surface area contributed by atoms with Gasteiger partial charge in [0.05, 0.1) is 6.10 Å². The molecule has 1 nitrogen and oxygen atoms in total. The van der Waals surface area contributed by atoms with Gasteiger partial charge in [0, 0.05) is 0 Å². The highest BCUT2D eigenvalue weighted by molar-refractivity contribution is 5.34. The molecule has 2 saturated carbocycles. The zero-order valence-electron chi connectivity index (χ0n) is 19.7. The van der Waals surface area contributed by atoms with Crippen molar-refractivity contribution < 1.29 is 5.11 Å². The molecule has 4 aliphatic rings. The lowest BCUT2D eigenvalue weighted by Gasteiger charge is -2.55. The predicted molar refractivity (Wildman–Crippen MR) is 124 cm³/mol. The maximum absolute atomic E-state index is 10.2. The van der Waals surface area contributed by atoms with Gasteiger partial charge in [0.15, 0.2) is 0 Å². The van der Waals surface area contributed by atoms with Crippen molar-refractivity contribution in [3.8, 4) is 0 Å². The zero-order chi connectivity index (χ0) is 20.8. The number of aliphatic hydroxyl groups is 1. The Morgan fingerprint density at radius 2 is 1.86 bits per heavy atom. The molecule has 29 heavy (non-hydrogen) atoms. The fourth-order valence-electron chi connectivity index (χ4n) is 8.49. The van der Waals surface area contributed by atoms with E-state index in [-0.39, 0.29) is 6.10 Å². The number of allylic oxidation sites excluding steroid dienone is 3. The molecule has 0 aliphatic heterocycles. The van der Waals surface area contributed by atoms with Crippen molar-refractivity contribution in [1.82, 2.24) is 0 Å². The van der Waals surface area contributed by atoms with Gasteiger partial charge >= 0.3 is 0 Å². The molecule has 0 spiro atoms. The summed E-state index contributed by atoms with van der Waals surface area (Å²) in [6.07, 6.45) is 17.8. The van der Waals surface area contributed by atoms with E-state index in [0.717, 1.165) is 36.5 Å². The molecule has 0 bridgehead atoms. The fourth-order valence-corrected chi connectivity index (χ4v) is 8.49. The average molecular weight is 399 g/mol. The van der Waals surface area contributed by atoms with Crippen LogP contribution in [0.4, 0.5) is 0 Å². The summed E-state index contributed by atoms with van der Waals surface area (Å²) < 4.78 is 0. The van der Waals surface area contributed by atoms with E-state index in [2.05, 4.69) is 40.3 Å². The topological polar surface area (TPSA) is 20.2 Å². The Morgan fingerprint density at radius 3 is 2.62 bits per heavy atom. The number of hydrogen-bond donors (Lipinski definition) is 1. The molecule has 0 heterocycles. The van der Waals surface area contributed by atoms with Gasteiger partial charge < -0.3 is 5.11 Å². The van der Waals surface area contributed by atoms with Crippen molar-refractivity contribution in [3.63, 3.8) is 0 Å². The van der Waals surface area contributed by atoms with Crippen LogP contribution in [0.1, 0.15) is 105 Å². The third kappa shape index (κ3) is 3.68. The van der Waals surface area contributed by atoms with Crippen LogP contribution in [-0.4, -0.2) is 11.2 Å². The molecule has 0 radical (unpaired) electrons. The molecule has 4 rings (SSSR count). The second kappa shape index (κ2) is 8.18. The van der Waals surface area contributed by atoms with Crippen molar-refractivity contribution in [1.29, 1.82) is 0 Å². The number of hydrogen-bond acceptors (Lipinski definition) is 1. The van der Waals surface area contributed by atoms with Crippen LogP contribution in [0.3, 0.4) is 0 Å². The minimum atomic E-state index is -0.0374. The minimum Gasteiger partial charge on any atom is -0.393 e. The van der Waals surface area contributed by atoms with Gasteiger partial charge in [-0.15, -0.1) is 6.58 Å².